The summed E-state index contributed by atoms with van der Waals surface area (Å²) in [5.74, 6) is 0.766. The molecule has 0 saturated heterocycles. The first kappa shape index (κ1) is 10.8. The lowest BCUT2D eigenvalue weighted by Gasteiger charge is -2.09. The molecule has 0 saturated carbocycles. The molecular formula is C13H12ClNO. The number of hydrogen-bond acceptors (Lipinski definition) is 2. The molecule has 2 rings (SSSR count). The molecule has 0 atom stereocenters. The zero-order valence-electron chi connectivity index (χ0n) is 8.91. The normalized spacial score (nSPS) is 10.1. The Balaban J connectivity index is 2.51. The minimum atomic E-state index is 0.689. The molecule has 0 aliphatic carbocycles. The van der Waals surface area contributed by atoms with E-state index < -0.39 is 0 Å². The van der Waals surface area contributed by atoms with Crippen molar-refractivity contribution in [2.45, 2.75) is 0 Å². The van der Waals surface area contributed by atoms with E-state index in [0.717, 1.165) is 21.9 Å². The number of nitrogen functional groups attached to an aromatic ring is 1. The lowest BCUT2D eigenvalue weighted by atomic mass is 10.0. The maximum absolute atomic E-state index is 5.85. The Hall–Kier alpha value is -1.67. The van der Waals surface area contributed by atoms with Crippen LogP contribution in [0.5, 0.6) is 5.75 Å². The Morgan fingerprint density at radius 1 is 1.06 bits per heavy atom. The third kappa shape index (κ3) is 2.12. The van der Waals surface area contributed by atoms with E-state index in [2.05, 4.69) is 0 Å². The molecule has 3 heteroatoms. The van der Waals surface area contributed by atoms with Gasteiger partial charge in [0.25, 0.3) is 0 Å². The van der Waals surface area contributed by atoms with Crippen LogP contribution in [0, 0.1) is 0 Å². The highest BCUT2D eigenvalue weighted by Gasteiger charge is 2.05. The molecule has 0 heterocycles. The summed E-state index contributed by atoms with van der Waals surface area (Å²) in [6.07, 6.45) is 0. The van der Waals surface area contributed by atoms with Crippen molar-refractivity contribution in [2.75, 3.05) is 12.8 Å². The van der Waals surface area contributed by atoms with Crippen LogP contribution in [-0.4, -0.2) is 7.11 Å². The van der Waals surface area contributed by atoms with Crippen molar-refractivity contribution < 1.29 is 4.74 Å². The molecule has 0 spiro atoms. The molecule has 0 aliphatic heterocycles. The van der Waals surface area contributed by atoms with Gasteiger partial charge in [0, 0.05) is 22.3 Å². The van der Waals surface area contributed by atoms with Gasteiger partial charge in [0.2, 0.25) is 0 Å². The van der Waals surface area contributed by atoms with E-state index in [1.807, 2.05) is 42.5 Å². The summed E-state index contributed by atoms with van der Waals surface area (Å²) in [7, 11) is 1.63. The second-order valence-corrected chi connectivity index (χ2v) is 3.90. The SMILES string of the molecule is COc1cc(N)ccc1-c1ccc(Cl)cc1. The lowest BCUT2D eigenvalue weighted by Crippen LogP contribution is -1.91. The van der Waals surface area contributed by atoms with Crippen LogP contribution in [0.15, 0.2) is 42.5 Å². The summed E-state index contributed by atoms with van der Waals surface area (Å²) in [5, 5.41) is 0.721. The van der Waals surface area contributed by atoms with Crippen molar-refractivity contribution in [2.24, 2.45) is 0 Å². The predicted molar refractivity (Wildman–Crippen MR) is 67.9 cm³/mol. The van der Waals surface area contributed by atoms with Crippen LogP contribution < -0.4 is 10.5 Å². The van der Waals surface area contributed by atoms with Crippen LogP contribution in [0.1, 0.15) is 0 Å². The summed E-state index contributed by atoms with van der Waals surface area (Å²) in [6, 6.07) is 13.2. The molecule has 2 aromatic carbocycles. The molecule has 0 amide bonds. The number of methoxy groups -OCH3 is 1. The molecule has 2 N–H and O–H groups in total. The monoisotopic (exact) mass is 233 g/mol. The maximum atomic E-state index is 5.85. The van der Waals surface area contributed by atoms with E-state index in [1.54, 1.807) is 7.11 Å². The Morgan fingerprint density at radius 2 is 1.75 bits per heavy atom. The van der Waals surface area contributed by atoms with Crippen LogP contribution in [-0.2, 0) is 0 Å². The van der Waals surface area contributed by atoms with E-state index in [4.69, 9.17) is 22.1 Å². The zero-order valence-corrected chi connectivity index (χ0v) is 9.66. The van der Waals surface area contributed by atoms with E-state index >= 15 is 0 Å². The summed E-state index contributed by atoms with van der Waals surface area (Å²) in [6.45, 7) is 0. The number of hydrogen-bond donors (Lipinski definition) is 1. The fraction of sp³-hybridized carbons (Fsp3) is 0.0769. The number of nitrogens with two attached hydrogens (primary N) is 1. The standard InChI is InChI=1S/C13H12ClNO/c1-16-13-8-11(15)6-7-12(13)9-2-4-10(14)5-3-9/h2-8H,15H2,1H3. The van der Waals surface area contributed by atoms with Crippen molar-refractivity contribution in [1.29, 1.82) is 0 Å². The van der Waals surface area contributed by atoms with Crippen molar-refractivity contribution in [3.8, 4) is 16.9 Å². The van der Waals surface area contributed by atoms with Gasteiger partial charge in [-0.05, 0) is 29.8 Å². The smallest absolute Gasteiger partial charge is 0.128 e. The quantitative estimate of drug-likeness (QED) is 0.805. The van der Waals surface area contributed by atoms with Crippen molar-refractivity contribution in [3.05, 3.63) is 47.5 Å². The van der Waals surface area contributed by atoms with Gasteiger partial charge >= 0.3 is 0 Å². The average Bonchev–Trinajstić information content (AvgIpc) is 2.30. The van der Waals surface area contributed by atoms with Crippen molar-refractivity contribution in [1.82, 2.24) is 0 Å². The lowest BCUT2D eigenvalue weighted by molar-refractivity contribution is 0.416. The zero-order chi connectivity index (χ0) is 11.5. The van der Waals surface area contributed by atoms with Gasteiger partial charge in [-0.15, -0.1) is 0 Å². The van der Waals surface area contributed by atoms with Crippen LogP contribution in [0.2, 0.25) is 5.02 Å². The molecule has 16 heavy (non-hydrogen) atoms. The molecule has 0 fully saturated rings. The summed E-state index contributed by atoms with van der Waals surface area (Å²) in [4.78, 5) is 0. The second-order valence-electron chi connectivity index (χ2n) is 3.47. The fourth-order valence-electron chi connectivity index (χ4n) is 1.58. The largest absolute Gasteiger partial charge is 0.496 e. The Kier molecular flexibility index (Phi) is 3.02. The summed E-state index contributed by atoms with van der Waals surface area (Å²) in [5.41, 5.74) is 8.46. The Bertz CT molecular complexity index is 494. The fourth-order valence-corrected chi connectivity index (χ4v) is 1.70. The van der Waals surface area contributed by atoms with Gasteiger partial charge in [0.05, 0.1) is 7.11 Å². The predicted octanol–water partition coefficient (Wildman–Crippen LogP) is 3.60. The molecule has 0 unspecified atom stereocenters. The van der Waals surface area contributed by atoms with Crippen LogP contribution >= 0.6 is 11.6 Å². The third-order valence-electron chi connectivity index (χ3n) is 2.38. The number of halogens is 1. The molecular weight excluding hydrogens is 222 g/mol. The maximum Gasteiger partial charge on any atom is 0.128 e. The number of anilines is 1. The first-order valence-corrected chi connectivity index (χ1v) is 5.28. The summed E-state index contributed by atoms with van der Waals surface area (Å²) >= 11 is 5.85. The highest BCUT2D eigenvalue weighted by molar-refractivity contribution is 6.30. The number of benzene rings is 2. The third-order valence-corrected chi connectivity index (χ3v) is 2.63. The van der Waals surface area contributed by atoms with Crippen molar-refractivity contribution in [3.63, 3.8) is 0 Å². The van der Waals surface area contributed by atoms with Crippen LogP contribution in [0.4, 0.5) is 5.69 Å². The molecule has 0 aliphatic rings. The minimum Gasteiger partial charge on any atom is -0.496 e. The Morgan fingerprint density at radius 3 is 2.38 bits per heavy atom. The van der Waals surface area contributed by atoms with Crippen LogP contribution in [0.3, 0.4) is 0 Å². The molecule has 0 radical (unpaired) electrons. The molecule has 0 aromatic heterocycles. The molecule has 2 nitrogen and oxygen atoms in total. The average molecular weight is 234 g/mol. The van der Waals surface area contributed by atoms with Gasteiger partial charge in [-0.1, -0.05) is 23.7 Å². The number of ether oxygens (including phenoxy) is 1. The van der Waals surface area contributed by atoms with Gasteiger partial charge < -0.3 is 10.5 Å². The van der Waals surface area contributed by atoms with Crippen molar-refractivity contribution >= 4 is 17.3 Å². The topological polar surface area (TPSA) is 35.2 Å². The first-order valence-electron chi connectivity index (χ1n) is 4.90. The van der Waals surface area contributed by atoms with Gasteiger partial charge in [0.1, 0.15) is 5.75 Å². The Labute approximate surface area is 99.6 Å². The summed E-state index contributed by atoms with van der Waals surface area (Å²) < 4.78 is 5.30. The van der Waals surface area contributed by atoms with Gasteiger partial charge in [-0.2, -0.15) is 0 Å². The second kappa shape index (κ2) is 4.45. The van der Waals surface area contributed by atoms with Crippen LogP contribution in [0.25, 0.3) is 11.1 Å². The van der Waals surface area contributed by atoms with Gasteiger partial charge in [-0.3, -0.25) is 0 Å². The highest BCUT2D eigenvalue weighted by Crippen LogP contribution is 2.32. The van der Waals surface area contributed by atoms with E-state index in [1.165, 1.54) is 0 Å². The molecule has 0 bridgehead atoms. The van der Waals surface area contributed by atoms with E-state index in [9.17, 15) is 0 Å². The minimum absolute atomic E-state index is 0.689. The molecule has 82 valence electrons. The highest BCUT2D eigenvalue weighted by atomic mass is 35.5. The van der Waals surface area contributed by atoms with E-state index in [0.29, 0.717) is 5.69 Å². The van der Waals surface area contributed by atoms with E-state index in [-0.39, 0.29) is 0 Å². The number of rotatable bonds is 2. The van der Waals surface area contributed by atoms with Gasteiger partial charge in [0.15, 0.2) is 0 Å². The van der Waals surface area contributed by atoms with Gasteiger partial charge in [-0.25, -0.2) is 0 Å². The first-order chi connectivity index (χ1) is 7.70. The molecule has 2 aromatic rings.